The van der Waals surface area contributed by atoms with Gasteiger partial charge in [0, 0.05) is 37.6 Å². The highest BCUT2D eigenvalue weighted by Gasteiger charge is 2.25. The van der Waals surface area contributed by atoms with Gasteiger partial charge in [-0.25, -0.2) is 9.97 Å². The number of imidazole rings is 1. The lowest BCUT2D eigenvalue weighted by Crippen LogP contribution is -2.35. The predicted molar refractivity (Wildman–Crippen MR) is 80.5 cm³/mol. The van der Waals surface area contributed by atoms with Crippen molar-refractivity contribution >= 4 is 23.3 Å². The highest BCUT2D eigenvalue weighted by atomic mass is 35.5. The summed E-state index contributed by atoms with van der Waals surface area (Å²) >= 11 is 6.24. The van der Waals surface area contributed by atoms with Gasteiger partial charge in [-0.05, 0) is 18.9 Å². The molecule has 0 aliphatic carbocycles. The number of piperidine rings is 1. The second kappa shape index (κ2) is 5.73. The molecule has 1 unspecified atom stereocenters. The van der Waals surface area contributed by atoms with Crippen LogP contribution in [0.25, 0.3) is 0 Å². The number of nitrogens with zero attached hydrogens (tertiary/aromatic N) is 3. The number of halogens is 1. The summed E-state index contributed by atoms with van der Waals surface area (Å²) in [6.07, 6.45) is 7.20. The Balaban J connectivity index is 1.82. The predicted octanol–water partition coefficient (Wildman–Crippen LogP) is 1.94. The number of aromatic amines is 1. The van der Waals surface area contributed by atoms with Crippen LogP contribution in [0, 0.1) is 0 Å². The molecular weight excluding hydrogens is 290 g/mol. The van der Waals surface area contributed by atoms with Gasteiger partial charge < -0.3 is 15.6 Å². The maximum Gasteiger partial charge on any atom is 0.250 e. The number of carbonyl (C=O) groups excluding carboxylic acids is 1. The maximum atomic E-state index is 11.1. The number of pyridine rings is 1. The zero-order valence-corrected chi connectivity index (χ0v) is 12.2. The van der Waals surface area contributed by atoms with Crippen LogP contribution in [0.1, 0.15) is 34.9 Å². The van der Waals surface area contributed by atoms with E-state index in [9.17, 15) is 4.79 Å². The van der Waals surface area contributed by atoms with E-state index in [1.54, 1.807) is 12.3 Å². The second-order valence-corrected chi connectivity index (χ2v) is 5.56. The zero-order chi connectivity index (χ0) is 14.8. The van der Waals surface area contributed by atoms with Crippen LogP contribution in [0.3, 0.4) is 0 Å². The molecule has 2 aromatic rings. The van der Waals surface area contributed by atoms with Crippen molar-refractivity contribution in [3.05, 3.63) is 41.1 Å². The summed E-state index contributed by atoms with van der Waals surface area (Å²) in [5.74, 6) is 1.49. The van der Waals surface area contributed by atoms with Crippen molar-refractivity contribution in [1.29, 1.82) is 0 Å². The number of nitrogens with one attached hydrogen (secondary N) is 1. The molecule has 21 heavy (non-hydrogen) atoms. The minimum atomic E-state index is -0.525. The van der Waals surface area contributed by atoms with E-state index < -0.39 is 5.91 Å². The molecule has 6 nitrogen and oxygen atoms in total. The summed E-state index contributed by atoms with van der Waals surface area (Å²) in [4.78, 5) is 25.1. The van der Waals surface area contributed by atoms with Crippen molar-refractivity contribution in [2.75, 3.05) is 18.0 Å². The number of hydrogen-bond donors (Lipinski definition) is 2. The van der Waals surface area contributed by atoms with Crippen LogP contribution >= 0.6 is 11.6 Å². The molecule has 1 aliphatic rings. The Kier molecular flexibility index (Phi) is 3.79. The summed E-state index contributed by atoms with van der Waals surface area (Å²) in [5, 5.41) is 0.450. The van der Waals surface area contributed by atoms with Crippen molar-refractivity contribution in [3.63, 3.8) is 0 Å². The fourth-order valence-electron chi connectivity index (χ4n) is 2.69. The van der Waals surface area contributed by atoms with Crippen molar-refractivity contribution in [3.8, 4) is 0 Å². The third-order valence-electron chi connectivity index (χ3n) is 3.73. The topological polar surface area (TPSA) is 87.9 Å². The molecule has 0 aromatic carbocycles. The van der Waals surface area contributed by atoms with Crippen LogP contribution in [0.4, 0.5) is 5.82 Å². The van der Waals surface area contributed by atoms with Gasteiger partial charge in [0.25, 0.3) is 0 Å². The van der Waals surface area contributed by atoms with Gasteiger partial charge in [0.2, 0.25) is 5.91 Å². The average Bonchev–Trinajstić information content (AvgIpc) is 3.01. The first kappa shape index (κ1) is 13.9. The summed E-state index contributed by atoms with van der Waals surface area (Å²) in [5.41, 5.74) is 5.56. The summed E-state index contributed by atoms with van der Waals surface area (Å²) in [6, 6.07) is 1.57. The van der Waals surface area contributed by atoms with Crippen molar-refractivity contribution in [2.45, 2.75) is 18.8 Å². The molecule has 0 radical (unpaired) electrons. The van der Waals surface area contributed by atoms with Crippen molar-refractivity contribution in [1.82, 2.24) is 15.0 Å². The smallest absolute Gasteiger partial charge is 0.250 e. The van der Waals surface area contributed by atoms with Gasteiger partial charge in [-0.2, -0.15) is 0 Å². The number of H-pyrrole nitrogens is 1. The fourth-order valence-corrected chi connectivity index (χ4v) is 2.98. The molecule has 3 N–H and O–H groups in total. The number of hydrogen-bond acceptors (Lipinski definition) is 4. The molecule has 3 heterocycles. The van der Waals surface area contributed by atoms with E-state index in [0.717, 1.165) is 31.8 Å². The number of aromatic nitrogens is 3. The van der Waals surface area contributed by atoms with Crippen LogP contribution < -0.4 is 10.6 Å². The Morgan fingerprint density at radius 1 is 1.48 bits per heavy atom. The van der Waals surface area contributed by atoms with E-state index in [1.165, 1.54) is 6.20 Å². The van der Waals surface area contributed by atoms with Gasteiger partial charge in [-0.3, -0.25) is 4.79 Å². The molecule has 1 aliphatic heterocycles. The molecule has 0 bridgehead atoms. The van der Waals surface area contributed by atoms with Gasteiger partial charge in [-0.1, -0.05) is 11.6 Å². The van der Waals surface area contributed by atoms with E-state index >= 15 is 0 Å². The normalized spacial score (nSPS) is 18.7. The van der Waals surface area contributed by atoms with Crippen LogP contribution in [0.15, 0.2) is 24.7 Å². The first-order valence-electron chi connectivity index (χ1n) is 6.84. The molecule has 1 saturated heterocycles. The highest BCUT2D eigenvalue weighted by molar-refractivity contribution is 6.33. The fraction of sp³-hybridized carbons (Fsp3) is 0.357. The molecule has 0 spiro atoms. The average molecular weight is 306 g/mol. The molecule has 3 rings (SSSR count). The van der Waals surface area contributed by atoms with Gasteiger partial charge in [0.1, 0.15) is 11.6 Å². The monoisotopic (exact) mass is 305 g/mol. The molecule has 7 heteroatoms. The van der Waals surface area contributed by atoms with Crippen molar-refractivity contribution in [2.24, 2.45) is 5.73 Å². The largest absolute Gasteiger partial charge is 0.366 e. The van der Waals surface area contributed by atoms with Crippen molar-refractivity contribution < 1.29 is 4.79 Å². The van der Waals surface area contributed by atoms with Gasteiger partial charge in [-0.15, -0.1) is 0 Å². The first-order valence-corrected chi connectivity index (χ1v) is 7.22. The molecule has 110 valence electrons. The third kappa shape index (κ3) is 2.85. The molecular formula is C14H16ClN5O. The van der Waals surface area contributed by atoms with E-state index in [1.807, 2.05) is 6.20 Å². The molecule has 2 aromatic heterocycles. The lowest BCUT2D eigenvalue weighted by atomic mass is 9.97. The quantitative estimate of drug-likeness (QED) is 0.907. The maximum absolute atomic E-state index is 11.1. The minimum Gasteiger partial charge on any atom is -0.366 e. The van der Waals surface area contributed by atoms with Gasteiger partial charge in [0.15, 0.2) is 0 Å². The van der Waals surface area contributed by atoms with Crippen LogP contribution in [-0.4, -0.2) is 33.9 Å². The molecule has 0 saturated carbocycles. The van der Waals surface area contributed by atoms with Crippen LogP contribution in [0.2, 0.25) is 5.02 Å². The summed E-state index contributed by atoms with van der Waals surface area (Å²) < 4.78 is 0. The Morgan fingerprint density at radius 2 is 2.33 bits per heavy atom. The standard InChI is InChI=1S/C14H16ClN5O/c15-11-6-10(12(16)21)7-19-14(11)20-5-1-2-9(8-20)13-17-3-4-18-13/h3-4,6-7,9H,1-2,5,8H2,(H2,16,21)(H,17,18). The Labute approximate surface area is 127 Å². The number of primary amides is 1. The lowest BCUT2D eigenvalue weighted by molar-refractivity contribution is 0.1000. The number of amides is 1. The summed E-state index contributed by atoms with van der Waals surface area (Å²) in [6.45, 7) is 1.69. The second-order valence-electron chi connectivity index (χ2n) is 5.15. The highest BCUT2D eigenvalue weighted by Crippen LogP contribution is 2.31. The van der Waals surface area contributed by atoms with E-state index in [2.05, 4.69) is 19.9 Å². The van der Waals surface area contributed by atoms with E-state index in [4.69, 9.17) is 17.3 Å². The SMILES string of the molecule is NC(=O)c1cnc(N2CCCC(c3ncc[nH]3)C2)c(Cl)c1. The first-order chi connectivity index (χ1) is 10.1. The zero-order valence-electron chi connectivity index (χ0n) is 11.4. The van der Waals surface area contributed by atoms with E-state index in [-0.39, 0.29) is 0 Å². The number of carbonyl (C=O) groups is 1. The Bertz CT molecular complexity index is 643. The molecule has 1 fully saturated rings. The van der Waals surface area contributed by atoms with E-state index in [0.29, 0.717) is 22.3 Å². The number of nitrogens with two attached hydrogens (primary N) is 1. The number of anilines is 1. The summed E-state index contributed by atoms with van der Waals surface area (Å²) in [7, 11) is 0. The Morgan fingerprint density at radius 3 is 3.00 bits per heavy atom. The minimum absolute atomic E-state index is 0.323. The Hall–Kier alpha value is -2.08. The van der Waals surface area contributed by atoms with Gasteiger partial charge in [0.05, 0.1) is 10.6 Å². The van der Waals surface area contributed by atoms with Gasteiger partial charge >= 0.3 is 0 Å². The van der Waals surface area contributed by atoms with Crippen LogP contribution in [0.5, 0.6) is 0 Å². The third-order valence-corrected chi connectivity index (χ3v) is 4.01. The van der Waals surface area contributed by atoms with Crippen LogP contribution in [-0.2, 0) is 0 Å². The number of rotatable bonds is 3. The molecule has 1 atom stereocenters. The molecule has 1 amide bonds. The lowest BCUT2D eigenvalue weighted by Gasteiger charge is -2.33.